The molecule has 0 aliphatic heterocycles. The fourth-order valence-electron chi connectivity index (χ4n) is 2.09. The van der Waals surface area contributed by atoms with Crippen LogP contribution in [0.3, 0.4) is 0 Å². The van der Waals surface area contributed by atoms with Crippen LogP contribution in [0.25, 0.3) is 0 Å². The minimum Gasteiger partial charge on any atom is -0.492 e. The van der Waals surface area contributed by atoms with E-state index in [0.29, 0.717) is 13.2 Å². The van der Waals surface area contributed by atoms with Crippen LogP contribution in [0.15, 0.2) is 46.9 Å². The lowest BCUT2D eigenvalue weighted by atomic mass is 10.2. The van der Waals surface area contributed by atoms with E-state index in [9.17, 15) is 9.18 Å². The summed E-state index contributed by atoms with van der Waals surface area (Å²) in [5, 5.41) is 2.58. The average Bonchev–Trinajstić information content (AvgIpc) is 2.52. The predicted molar refractivity (Wildman–Crippen MR) is 96.9 cm³/mol. The highest BCUT2D eigenvalue weighted by Gasteiger charge is 2.10. The largest absolute Gasteiger partial charge is 0.492 e. The zero-order valence-corrected chi connectivity index (χ0v) is 15.3. The molecule has 1 N–H and O–H groups in total. The maximum Gasteiger partial charge on any atom is 0.238 e. The van der Waals surface area contributed by atoms with Gasteiger partial charge in [0, 0.05) is 11.0 Å². The third-order valence-corrected chi connectivity index (χ3v) is 3.90. The van der Waals surface area contributed by atoms with E-state index >= 15 is 0 Å². The lowest BCUT2D eigenvalue weighted by Gasteiger charge is -2.17. The number of likely N-dealkylation sites (N-methyl/N-ethyl adjacent to an activating group) is 1. The molecule has 0 radical (unpaired) electrons. The first-order valence-electron chi connectivity index (χ1n) is 7.57. The fraction of sp³-hybridized carbons (Fsp3) is 0.278. The molecule has 24 heavy (non-hydrogen) atoms. The number of anilines is 1. The van der Waals surface area contributed by atoms with Crippen LogP contribution in [0.1, 0.15) is 5.56 Å². The molecule has 2 aromatic rings. The number of benzene rings is 2. The fourth-order valence-corrected chi connectivity index (χ4v) is 2.35. The molecule has 0 unspecified atom stereocenters. The molecule has 6 heteroatoms. The zero-order chi connectivity index (χ0) is 17.5. The van der Waals surface area contributed by atoms with Crippen LogP contribution in [-0.4, -0.2) is 37.6 Å². The predicted octanol–water partition coefficient (Wildman–Crippen LogP) is 3.85. The van der Waals surface area contributed by atoms with E-state index in [2.05, 4.69) is 21.2 Å². The molecule has 0 aliphatic carbocycles. The third kappa shape index (κ3) is 5.94. The molecule has 0 saturated heterocycles. The van der Waals surface area contributed by atoms with Gasteiger partial charge in [0.15, 0.2) is 0 Å². The van der Waals surface area contributed by atoms with E-state index in [-0.39, 0.29) is 18.1 Å². The second-order valence-electron chi connectivity index (χ2n) is 5.57. The third-order valence-electron chi connectivity index (χ3n) is 3.37. The number of nitrogens with zero attached hydrogens (tertiary/aromatic N) is 1. The van der Waals surface area contributed by atoms with E-state index in [1.807, 2.05) is 36.2 Å². The lowest BCUT2D eigenvalue weighted by Crippen LogP contribution is -2.33. The summed E-state index contributed by atoms with van der Waals surface area (Å²) in [4.78, 5) is 13.8. The van der Waals surface area contributed by atoms with Gasteiger partial charge in [0.25, 0.3) is 0 Å². The molecule has 2 rings (SSSR count). The summed E-state index contributed by atoms with van der Waals surface area (Å²) in [6.07, 6.45) is 0. The van der Waals surface area contributed by atoms with Crippen molar-refractivity contribution in [3.05, 3.63) is 58.3 Å². The summed E-state index contributed by atoms with van der Waals surface area (Å²) in [5.41, 5.74) is 1.01. The molecule has 0 aliphatic rings. The van der Waals surface area contributed by atoms with Crippen molar-refractivity contribution in [3.63, 3.8) is 0 Å². The second-order valence-corrected chi connectivity index (χ2v) is 6.49. The molecular weight excluding hydrogens is 375 g/mol. The summed E-state index contributed by atoms with van der Waals surface area (Å²) in [6, 6.07) is 12.3. The van der Waals surface area contributed by atoms with Crippen molar-refractivity contribution in [3.8, 4) is 5.75 Å². The van der Waals surface area contributed by atoms with E-state index in [1.54, 1.807) is 19.1 Å². The Labute approximate surface area is 149 Å². The SMILES string of the molecule is Cc1ccc(NC(=O)CN(C)CCOc2ccc(Br)cc2)c(F)c1. The zero-order valence-electron chi connectivity index (χ0n) is 13.7. The van der Waals surface area contributed by atoms with Crippen molar-refractivity contribution in [2.75, 3.05) is 32.1 Å². The maximum absolute atomic E-state index is 13.7. The van der Waals surface area contributed by atoms with Gasteiger partial charge in [-0.15, -0.1) is 0 Å². The Morgan fingerprint density at radius 1 is 1.25 bits per heavy atom. The molecule has 0 fully saturated rings. The molecule has 0 atom stereocenters. The number of halogens is 2. The number of carbonyl (C=O) groups excluding carboxylic acids is 1. The molecule has 0 heterocycles. The number of amides is 1. The van der Waals surface area contributed by atoms with Crippen molar-refractivity contribution in [2.24, 2.45) is 0 Å². The number of nitrogens with one attached hydrogen (secondary N) is 1. The molecule has 128 valence electrons. The van der Waals surface area contributed by atoms with Crippen LogP contribution in [0.5, 0.6) is 5.75 Å². The van der Waals surface area contributed by atoms with Gasteiger partial charge >= 0.3 is 0 Å². The van der Waals surface area contributed by atoms with Gasteiger partial charge in [-0.05, 0) is 55.9 Å². The minimum atomic E-state index is -0.426. The van der Waals surface area contributed by atoms with E-state index in [4.69, 9.17) is 4.74 Å². The van der Waals surface area contributed by atoms with Crippen LogP contribution in [0.2, 0.25) is 0 Å². The van der Waals surface area contributed by atoms with Crippen LogP contribution >= 0.6 is 15.9 Å². The second kappa shape index (κ2) is 8.80. The van der Waals surface area contributed by atoms with Crippen molar-refractivity contribution in [1.29, 1.82) is 0 Å². The summed E-state index contributed by atoms with van der Waals surface area (Å²) in [5.74, 6) is 0.0891. The number of carbonyl (C=O) groups is 1. The van der Waals surface area contributed by atoms with Gasteiger partial charge in [-0.3, -0.25) is 9.69 Å². The Bertz CT molecular complexity index is 692. The normalized spacial score (nSPS) is 10.7. The maximum atomic E-state index is 13.7. The Hall–Kier alpha value is -1.92. The molecule has 1 amide bonds. The van der Waals surface area contributed by atoms with Gasteiger partial charge in [-0.1, -0.05) is 22.0 Å². The Balaban J connectivity index is 1.74. The summed E-state index contributed by atoms with van der Waals surface area (Å²) in [7, 11) is 1.82. The van der Waals surface area contributed by atoms with Crippen LogP contribution in [0.4, 0.5) is 10.1 Å². The van der Waals surface area contributed by atoms with E-state index in [0.717, 1.165) is 15.8 Å². The average molecular weight is 395 g/mol. The molecule has 4 nitrogen and oxygen atoms in total. The minimum absolute atomic E-state index is 0.164. The van der Waals surface area contributed by atoms with Crippen LogP contribution in [0, 0.1) is 12.7 Å². The van der Waals surface area contributed by atoms with E-state index in [1.165, 1.54) is 6.07 Å². The number of hydrogen-bond acceptors (Lipinski definition) is 3. The number of rotatable bonds is 7. The summed E-state index contributed by atoms with van der Waals surface area (Å²) in [6.45, 7) is 3.01. The first-order valence-corrected chi connectivity index (χ1v) is 8.36. The van der Waals surface area contributed by atoms with Crippen molar-refractivity contribution < 1.29 is 13.9 Å². The van der Waals surface area contributed by atoms with Gasteiger partial charge in [-0.25, -0.2) is 4.39 Å². The van der Waals surface area contributed by atoms with E-state index < -0.39 is 5.82 Å². The van der Waals surface area contributed by atoms with Gasteiger partial charge in [0.2, 0.25) is 5.91 Å². The first-order chi connectivity index (χ1) is 11.4. The molecule has 0 bridgehead atoms. The Kier molecular flexibility index (Phi) is 6.75. The summed E-state index contributed by atoms with van der Waals surface area (Å²) < 4.78 is 20.3. The Morgan fingerprint density at radius 3 is 2.62 bits per heavy atom. The molecule has 0 aromatic heterocycles. The molecule has 0 saturated carbocycles. The summed E-state index contributed by atoms with van der Waals surface area (Å²) >= 11 is 3.37. The number of aryl methyl sites for hydroxylation is 1. The van der Waals surface area contributed by atoms with Crippen molar-refractivity contribution >= 4 is 27.5 Å². The van der Waals surface area contributed by atoms with Gasteiger partial charge in [-0.2, -0.15) is 0 Å². The highest BCUT2D eigenvalue weighted by atomic mass is 79.9. The topological polar surface area (TPSA) is 41.6 Å². The Morgan fingerprint density at radius 2 is 1.96 bits per heavy atom. The standard InChI is InChI=1S/C18H20BrFN2O2/c1-13-3-8-17(16(20)11-13)21-18(23)12-22(2)9-10-24-15-6-4-14(19)5-7-15/h3-8,11H,9-10,12H2,1-2H3,(H,21,23). The highest BCUT2D eigenvalue weighted by molar-refractivity contribution is 9.10. The van der Waals surface area contributed by atoms with Gasteiger partial charge in [0.05, 0.1) is 12.2 Å². The van der Waals surface area contributed by atoms with Crippen molar-refractivity contribution in [1.82, 2.24) is 4.90 Å². The number of hydrogen-bond donors (Lipinski definition) is 1. The first kappa shape index (κ1) is 18.4. The smallest absolute Gasteiger partial charge is 0.238 e. The van der Waals surface area contributed by atoms with Crippen LogP contribution < -0.4 is 10.1 Å². The monoisotopic (exact) mass is 394 g/mol. The van der Waals surface area contributed by atoms with Gasteiger partial charge in [0.1, 0.15) is 18.2 Å². The van der Waals surface area contributed by atoms with Crippen LogP contribution in [-0.2, 0) is 4.79 Å². The molecule has 2 aromatic carbocycles. The highest BCUT2D eigenvalue weighted by Crippen LogP contribution is 2.16. The number of ether oxygens (including phenoxy) is 1. The van der Waals surface area contributed by atoms with Gasteiger partial charge < -0.3 is 10.1 Å². The van der Waals surface area contributed by atoms with Crippen molar-refractivity contribution in [2.45, 2.75) is 6.92 Å². The molecular formula is C18H20BrFN2O2. The lowest BCUT2D eigenvalue weighted by molar-refractivity contribution is -0.117. The quantitative estimate of drug-likeness (QED) is 0.775. The molecule has 0 spiro atoms.